The van der Waals surface area contributed by atoms with Gasteiger partial charge in [-0.05, 0) is 30.7 Å². The van der Waals surface area contributed by atoms with Crippen LogP contribution in [0, 0.1) is 0 Å². The number of benzene rings is 1. The Morgan fingerprint density at radius 1 is 1.00 bits per heavy atom. The van der Waals surface area contributed by atoms with Crippen LogP contribution < -0.4 is 5.56 Å². The number of aromatic nitrogens is 4. The van der Waals surface area contributed by atoms with E-state index in [1.54, 1.807) is 6.20 Å². The number of para-hydroxylation sites is 1. The van der Waals surface area contributed by atoms with E-state index in [0.717, 1.165) is 40.9 Å². The molecule has 1 N–H and O–H groups in total. The molecule has 5 rings (SSSR count). The highest BCUT2D eigenvalue weighted by Crippen LogP contribution is 2.19. The number of hydrogen-bond acceptors (Lipinski definition) is 5. The lowest BCUT2D eigenvalue weighted by molar-refractivity contribution is 0.238. The van der Waals surface area contributed by atoms with E-state index in [2.05, 4.69) is 33.1 Å². The van der Waals surface area contributed by atoms with Crippen LogP contribution in [0.3, 0.4) is 0 Å². The van der Waals surface area contributed by atoms with Gasteiger partial charge in [0.25, 0.3) is 5.56 Å². The lowest BCUT2D eigenvalue weighted by atomic mass is 10.1. The van der Waals surface area contributed by atoms with E-state index in [4.69, 9.17) is 9.97 Å². The van der Waals surface area contributed by atoms with E-state index in [-0.39, 0.29) is 5.56 Å². The van der Waals surface area contributed by atoms with E-state index in [1.807, 2.05) is 36.4 Å². The first kappa shape index (κ1) is 16.8. The highest BCUT2D eigenvalue weighted by molar-refractivity contribution is 5.78. The molecule has 0 atom stereocenters. The van der Waals surface area contributed by atoms with Crippen molar-refractivity contribution in [2.45, 2.75) is 19.5 Å². The number of rotatable bonds is 3. The molecule has 6 heteroatoms. The third-order valence-electron chi connectivity index (χ3n) is 5.10. The van der Waals surface area contributed by atoms with Gasteiger partial charge in [0.05, 0.1) is 16.9 Å². The van der Waals surface area contributed by atoms with Gasteiger partial charge in [0, 0.05) is 36.8 Å². The maximum absolute atomic E-state index is 12.5. The van der Waals surface area contributed by atoms with E-state index in [0.29, 0.717) is 24.5 Å². The molecule has 0 saturated carbocycles. The maximum Gasteiger partial charge on any atom is 0.254 e. The molecule has 0 amide bonds. The van der Waals surface area contributed by atoms with Crippen molar-refractivity contribution < 1.29 is 0 Å². The summed E-state index contributed by atoms with van der Waals surface area (Å²) in [5, 5.41) is 1.14. The normalized spacial score (nSPS) is 14.1. The highest BCUT2D eigenvalue weighted by Gasteiger charge is 2.22. The molecule has 4 heterocycles. The zero-order valence-corrected chi connectivity index (χ0v) is 15.3. The molecule has 0 fully saturated rings. The molecule has 4 aromatic rings. The minimum Gasteiger partial charge on any atom is -0.305 e. The first-order valence-electron chi connectivity index (χ1n) is 9.37. The Hall–Kier alpha value is -3.38. The largest absolute Gasteiger partial charge is 0.305 e. The number of pyridine rings is 2. The quantitative estimate of drug-likeness (QED) is 0.601. The molecule has 0 bridgehead atoms. The predicted octanol–water partition coefficient (Wildman–Crippen LogP) is 2.94. The summed E-state index contributed by atoms with van der Waals surface area (Å²) in [6, 6.07) is 17.9. The van der Waals surface area contributed by atoms with Gasteiger partial charge in [-0.15, -0.1) is 0 Å². The fraction of sp³-hybridized carbons (Fsp3) is 0.182. The molecule has 138 valence electrons. The SMILES string of the molecule is O=c1[nH]c(-c2ccccn2)nc2c1CCN(Cc1ccc3ccccc3n1)C2. The van der Waals surface area contributed by atoms with E-state index in [1.165, 1.54) is 0 Å². The molecule has 0 saturated heterocycles. The molecular weight excluding hydrogens is 350 g/mol. The van der Waals surface area contributed by atoms with Crippen LogP contribution in [0.1, 0.15) is 17.0 Å². The first-order valence-corrected chi connectivity index (χ1v) is 9.37. The average molecular weight is 369 g/mol. The van der Waals surface area contributed by atoms with Crippen LogP contribution in [0.2, 0.25) is 0 Å². The van der Waals surface area contributed by atoms with Crippen molar-refractivity contribution in [2.24, 2.45) is 0 Å². The smallest absolute Gasteiger partial charge is 0.254 e. The molecule has 28 heavy (non-hydrogen) atoms. The standard InChI is InChI=1S/C22H19N5O/c28-22-17-10-12-27(13-16-9-8-15-5-1-2-6-18(15)24-16)14-20(17)25-21(26-22)19-7-3-4-11-23-19/h1-9,11H,10,12-14H2,(H,25,26,28). The van der Waals surface area contributed by atoms with Crippen LogP contribution in [0.5, 0.6) is 0 Å². The van der Waals surface area contributed by atoms with Crippen LogP contribution >= 0.6 is 0 Å². The summed E-state index contributed by atoms with van der Waals surface area (Å²) in [6.07, 6.45) is 2.39. The molecule has 1 aromatic carbocycles. The molecule has 0 radical (unpaired) electrons. The monoisotopic (exact) mass is 369 g/mol. The van der Waals surface area contributed by atoms with Crippen molar-refractivity contribution in [1.29, 1.82) is 0 Å². The predicted molar refractivity (Wildman–Crippen MR) is 108 cm³/mol. The van der Waals surface area contributed by atoms with Gasteiger partial charge in [-0.3, -0.25) is 19.7 Å². The number of fused-ring (bicyclic) bond motifs is 2. The van der Waals surface area contributed by atoms with Crippen molar-refractivity contribution in [1.82, 2.24) is 24.8 Å². The second-order valence-corrected chi connectivity index (χ2v) is 7.01. The summed E-state index contributed by atoms with van der Waals surface area (Å²) in [7, 11) is 0. The molecule has 0 spiro atoms. The van der Waals surface area contributed by atoms with Crippen LogP contribution in [-0.2, 0) is 19.5 Å². The molecule has 6 nitrogen and oxygen atoms in total. The lowest BCUT2D eigenvalue weighted by Crippen LogP contribution is -2.35. The summed E-state index contributed by atoms with van der Waals surface area (Å²) in [4.78, 5) is 31.4. The molecular formula is C22H19N5O. The Kier molecular flexibility index (Phi) is 4.18. The minimum absolute atomic E-state index is 0.0610. The molecule has 0 aliphatic carbocycles. The molecule has 1 aliphatic rings. The van der Waals surface area contributed by atoms with Gasteiger partial charge in [0.15, 0.2) is 5.82 Å². The van der Waals surface area contributed by atoms with E-state index < -0.39 is 0 Å². The average Bonchev–Trinajstić information content (AvgIpc) is 2.74. The number of nitrogens with one attached hydrogen (secondary N) is 1. The Morgan fingerprint density at radius 2 is 1.89 bits per heavy atom. The van der Waals surface area contributed by atoms with Gasteiger partial charge in [-0.25, -0.2) is 4.98 Å². The zero-order valence-electron chi connectivity index (χ0n) is 15.3. The van der Waals surface area contributed by atoms with Gasteiger partial charge >= 0.3 is 0 Å². The zero-order chi connectivity index (χ0) is 18.9. The van der Waals surface area contributed by atoms with Crippen molar-refractivity contribution in [2.75, 3.05) is 6.54 Å². The second kappa shape index (κ2) is 6.98. The third kappa shape index (κ3) is 3.18. The van der Waals surface area contributed by atoms with E-state index in [9.17, 15) is 4.79 Å². The van der Waals surface area contributed by atoms with Gasteiger partial charge in [-0.2, -0.15) is 0 Å². The summed E-state index contributed by atoms with van der Waals surface area (Å²) in [5.41, 5.74) is 4.25. The summed E-state index contributed by atoms with van der Waals surface area (Å²) in [6.45, 7) is 2.18. The Labute approximate surface area is 161 Å². The minimum atomic E-state index is -0.0610. The fourth-order valence-corrected chi connectivity index (χ4v) is 3.68. The Morgan fingerprint density at radius 3 is 2.79 bits per heavy atom. The summed E-state index contributed by atoms with van der Waals surface area (Å²) >= 11 is 0. The van der Waals surface area contributed by atoms with Crippen LogP contribution in [0.4, 0.5) is 0 Å². The molecule has 3 aromatic heterocycles. The van der Waals surface area contributed by atoms with Crippen LogP contribution in [-0.4, -0.2) is 31.4 Å². The van der Waals surface area contributed by atoms with Crippen molar-refractivity contribution in [3.63, 3.8) is 0 Å². The number of hydrogen-bond donors (Lipinski definition) is 1. The highest BCUT2D eigenvalue weighted by atomic mass is 16.1. The summed E-state index contributed by atoms with van der Waals surface area (Å²) < 4.78 is 0. The van der Waals surface area contributed by atoms with Crippen LogP contribution in [0.25, 0.3) is 22.4 Å². The number of aromatic amines is 1. The van der Waals surface area contributed by atoms with Crippen molar-refractivity contribution >= 4 is 10.9 Å². The Bertz CT molecular complexity index is 1200. The maximum atomic E-state index is 12.5. The van der Waals surface area contributed by atoms with Gasteiger partial charge < -0.3 is 4.98 Å². The van der Waals surface area contributed by atoms with E-state index >= 15 is 0 Å². The molecule has 1 aliphatic heterocycles. The van der Waals surface area contributed by atoms with Crippen molar-refractivity contribution in [3.05, 3.63) is 88.1 Å². The van der Waals surface area contributed by atoms with Gasteiger partial charge in [0.2, 0.25) is 0 Å². The van der Waals surface area contributed by atoms with Crippen LogP contribution in [0.15, 0.2) is 65.6 Å². The first-order chi connectivity index (χ1) is 13.8. The third-order valence-corrected chi connectivity index (χ3v) is 5.10. The van der Waals surface area contributed by atoms with Gasteiger partial charge in [0.1, 0.15) is 5.69 Å². The molecule has 0 unspecified atom stereocenters. The second-order valence-electron chi connectivity index (χ2n) is 7.01. The summed E-state index contributed by atoms with van der Waals surface area (Å²) in [5.74, 6) is 0.523. The number of nitrogens with zero attached hydrogens (tertiary/aromatic N) is 4. The Balaban J connectivity index is 1.42. The van der Waals surface area contributed by atoms with Gasteiger partial charge in [-0.1, -0.05) is 30.3 Å². The number of H-pyrrole nitrogens is 1. The topological polar surface area (TPSA) is 74.8 Å². The fourth-order valence-electron chi connectivity index (χ4n) is 3.68. The lowest BCUT2D eigenvalue weighted by Gasteiger charge is -2.27. The van der Waals surface area contributed by atoms with Crippen molar-refractivity contribution in [3.8, 4) is 11.5 Å².